The number of likely N-dealkylation sites (N-methyl/N-ethyl adjacent to an activating group) is 1. The summed E-state index contributed by atoms with van der Waals surface area (Å²) in [4.78, 5) is 21.3. The van der Waals surface area contributed by atoms with Crippen molar-refractivity contribution in [2.45, 2.75) is 19.0 Å². The highest BCUT2D eigenvalue weighted by molar-refractivity contribution is 5.83. The second kappa shape index (κ2) is 9.83. The zero-order chi connectivity index (χ0) is 22.5. The Morgan fingerprint density at radius 2 is 1.69 bits per heavy atom. The molecule has 0 unspecified atom stereocenters. The van der Waals surface area contributed by atoms with E-state index < -0.39 is 0 Å². The van der Waals surface area contributed by atoms with Gasteiger partial charge in [-0.25, -0.2) is 0 Å². The molecule has 1 aromatic heterocycles. The van der Waals surface area contributed by atoms with Gasteiger partial charge in [-0.1, -0.05) is 30.3 Å². The number of carbonyl (C=O) groups is 1. The van der Waals surface area contributed by atoms with Crippen molar-refractivity contribution in [3.63, 3.8) is 0 Å². The van der Waals surface area contributed by atoms with Crippen LogP contribution in [0.15, 0.2) is 67.0 Å². The Labute approximate surface area is 189 Å². The van der Waals surface area contributed by atoms with Gasteiger partial charge in [0.25, 0.3) is 0 Å². The van der Waals surface area contributed by atoms with Crippen molar-refractivity contribution in [2.24, 2.45) is 0 Å². The normalized spacial score (nSPS) is 16.8. The molecule has 166 valence electrons. The van der Waals surface area contributed by atoms with Crippen LogP contribution in [0.1, 0.15) is 11.1 Å². The number of methoxy groups -OCH3 is 2. The molecule has 4 rings (SSSR count). The third-order valence-corrected chi connectivity index (χ3v) is 6.03. The van der Waals surface area contributed by atoms with Crippen molar-refractivity contribution in [3.05, 3.63) is 78.1 Å². The third-order valence-electron chi connectivity index (χ3n) is 6.03. The molecule has 2 aromatic carbocycles. The summed E-state index contributed by atoms with van der Waals surface area (Å²) in [5, 5.41) is 0. The van der Waals surface area contributed by atoms with Crippen LogP contribution in [0.25, 0.3) is 11.1 Å². The Morgan fingerprint density at radius 1 is 0.906 bits per heavy atom. The molecule has 0 N–H and O–H groups in total. The van der Waals surface area contributed by atoms with E-state index in [1.165, 1.54) is 0 Å². The van der Waals surface area contributed by atoms with Crippen molar-refractivity contribution >= 4 is 5.91 Å². The molecule has 0 spiro atoms. The highest BCUT2D eigenvalue weighted by atomic mass is 16.5. The molecule has 0 radical (unpaired) electrons. The lowest BCUT2D eigenvalue weighted by Crippen LogP contribution is -2.56. The van der Waals surface area contributed by atoms with Crippen LogP contribution in [0.3, 0.4) is 0 Å². The number of hydrogen-bond donors (Lipinski definition) is 0. The third kappa shape index (κ3) is 4.75. The molecule has 0 aliphatic carbocycles. The van der Waals surface area contributed by atoms with Gasteiger partial charge in [0.05, 0.1) is 20.3 Å². The van der Waals surface area contributed by atoms with Gasteiger partial charge in [-0.3, -0.25) is 14.7 Å². The predicted molar refractivity (Wildman–Crippen MR) is 125 cm³/mol. The number of ether oxygens (including phenoxy) is 2. The van der Waals surface area contributed by atoms with Crippen LogP contribution in [0.4, 0.5) is 0 Å². The minimum atomic E-state index is -0.213. The summed E-state index contributed by atoms with van der Waals surface area (Å²) in [7, 11) is 5.16. The van der Waals surface area contributed by atoms with E-state index in [-0.39, 0.29) is 11.9 Å². The summed E-state index contributed by atoms with van der Waals surface area (Å²) in [6.07, 6.45) is 4.26. The molecule has 1 atom stereocenters. The van der Waals surface area contributed by atoms with Crippen LogP contribution >= 0.6 is 0 Å². The van der Waals surface area contributed by atoms with Crippen molar-refractivity contribution < 1.29 is 14.3 Å². The van der Waals surface area contributed by atoms with Crippen LogP contribution in [0.5, 0.6) is 11.5 Å². The van der Waals surface area contributed by atoms with Crippen LogP contribution in [-0.2, 0) is 17.8 Å². The van der Waals surface area contributed by atoms with Crippen LogP contribution in [0, 0.1) is 0 Å². The maximum Gasteiger partial charge on any atom is 0.240 e. The minimum absolute atomic E-state index is 0.158. The molecule has 1 fully saturated rings. The van der Waals surface area contributed by atoms with E-state index in [4.69, 9.17) is 9.47 Å². The van der Waals surface area contributed by atoms with Gasteiger partial charge in [-0.2, -0.15) is 0 Å². The number of carbonyl (C=O) groups excluding carboxylic acids is 1. The first-order valence-electron chi connectivity index (χ1n) is 10.8. The maximum atomic E-state index is 13.1. The number of nitrogens with zero attached hydrogens (tertiary/aromatic N) is 3. The fourth-order valence-electron chi connectivity index (χ4n) is 4.22. The molecule has 6 nitrogen and oxygen atoms in total. The van der Waals surface area contributed by atoms with Gasteiger partial charge in [0.2, 0.25) is 5.91 Å². The molecular weight excluding hydrogens is 402 g/mol. The Kier molecular flexibility index (Phi) is 6.71. The highest BCUT2D eigenvalue weighted by Gasteiger charge is 2.33. The van der Waals surface area contributed by atoms with Crippen molar-refractivity contribution in [3.8, 4) is 22.6 Å². The summed E-state index contributed by atoms with van der Waals surface area (Å²) >= 11 is 0. The molecule has 0 bridgehead atoms. The summed E-state index contributed by atoms with van der Waals surface area (Å²) in [6.45, 7) is 2.22. The van der Waals surface area contributed by atoms with Gasteiger partial charge < -0.3 is 14.4 Å². The van der Waals surface area contributed by atoms with Crippen LogP contribution in [-0.4, -0.2) is 61.1 Å². The zero-order valence-electron chi connectivity index (χ0n) is 18.8. The zero-order valence-corrected chi connectivity index (χ0v) is 18.8. The molecule has 3 aromatic rings. The van der Waals surface area contributed by atoms with Crippen molar-refractivity contribution in [2.75, 3.05) is 34.4 Å². The van der Waals surface area contributed by atoms with Gasteiger partial charge in [-0.05, 0) is 52.9 Å². The molecule has 1 amide bonds. The molecule has 0 saturated carbocycles. The molecule has 2 heterocycles. The van der Waals surface area contributed by atoms with E-state index in [1.807, 2.05) is 42.3 Å². The lowest BCUT2D eigenvalue weighted by molar-refractivity contribution is -0.140. The monoisotopic (exact) mass is 431 g/mol. The second-order valence-corrected chi connectivity index (χ2v) is 8.08. The lowest BCUT2D eigenvalue weighted by Gasteiger charge is -2.39. The summed E-state index contributed by atoms with van der Waals surface area (Å²) in [5.74, 6) is 1.56. The number of amides is 1. The van der Waals surface area contributed by atoms with Gasteiger partial charge >= 0.3 is 0 Å². The molecule has 1 saturated heterocycles. The number of pyridine rings is 1. The highest BCUT2D eigenvalue weighted by Crippen LogP contribution is 2.29. The summed E-state index contributed by atoms with van der Waals surface area (Å²) in [5.41, 5.74) is 4.49. The SMILES string of the molecule is COc1ccc(CN2CCN(C)C(=O)[C@@H]2Cc2cccc(-c3ccncc3)c2)cc1OC. The van der Waals surface area contributed by atoms with Gasteiger partial charge in [0.15, 0.2) is 11.5 Å². The maximum absolute atomic E-state index is 13.1. The molecular formula is C26H29N3O3. The quantitative estimate of drug-likeness (QED) is 0.572. The minimum Gasteiger partial charge on any atom is -0.493 e. The van der Waals surface area contributed by atoms with Gasteiger partial charge in [-0.15, -0.1) is 0 Å². The molecule has 1 aliphatic rings. The van der Waals surface area contributed by atoms with E-state index in [2.05, 4.69) is 34.1 Å². The predicted octanol–water partition coefficient (Wildman–Crippen LogP) is 3.65. The van der Waals surface area contributed by atoms with Gasteiger partial charge in [0, 0.05) is 39.1 Å². The molecule has 32 heavy (non-hydrogen) atoms. The van der Waals surface area contributed by atoms with Crippen LogP contribution < -0.4 is 9.47 Å². The van der Waals surface area contributed by atoms with Crippen molar-refractivity contribution in [1.29, 1.82) is 0 Å². The molecule has 1 aliphatic heterocycles. The number of rotatable bonds is 7. The number of hydrogen-bond acceptors (Lipinski definition) is 5. The molecule has 6 heteroatoms. The first kappa shape index (κ1) is 21.8. The van der Waals surface area contributed by atoms with E-state index in [9.17, 15) is 4.79 Å². The standard InChI is InChI=1S/C26H29N3O3/c1-28-13-14-29(18-20-7-8-24(31-2)25(17-20)32-3)23(26(28)30)16-19-5-4-6-22(15-19)21-9-11-27-12-10-21/h4-12,15,17,23H,13-14,16,18H2,1-3H3/t23-/m0/s1. The number of piperazine rings is 1. The lowest BCUT2D eigenvalue weighted by atomic mass is 9.97. The Morgan fingerprint density at radius 3 is 2.44 bits per heavy atom. The van der Waals surface area contributed by atoms with E-state index in [1.54, 1.807) is 26.6 Å². The first-order chi connectivity index (χ1) is 15.6. The topological polar surface area (TPSA) is 54.9 Å². The van der Waals surface area contributed by atoms with Crippen molar-refractivity contribution in [1.82, 2.24) is 14.8 Å². The Hall–Kier alpha value is -3.38. The van der Waals surface area contributed by atoms with Gasteiger partial charge in [0.1, 0.15) is 0 Å². The number of benzene rings is 2. The van der Waals surface area contributed by atoms with E-state index in [0.29, 0.717) is 24.5 Å². The average Bonchev–Trinajstić information content (AvgIpc) is 2.84. The second-order valence-electron chi connectivity index (χ2n) is 8.08. The summed E-state index contributed by atoms with van der Waals surface area (Å²) in [6, 6.07) is 18.1. The van der Waals surface area contributed by atoms with Crippen LogP contribution in [0.2, 0.25) is 0 Å². The fraction of sp³-hybridized carbons (Fsp3) is 0.308. The largest absolute Gasteiger partial charge is 0.493 e. The smallest absolute Gasteiger partial charge is 0.240 e. The Bertz CT molecular complexity index is 1070. The first-order valence-corrected chi connectivity index (χ1v) is 10.8. The van der Waals surface area contributed by atoms with E-state index >= 15 is 0 Å². The summed E-state index contributed by atoms with van der Waals surface area (Å²) < 4.78 is 10.8. The average molecular weight is 432 g/mol. The number of aromatic nitrogens is 1. The Balaban J connectivity index is 1.57. The fourth-order valence-corrected chi connectivity index (χ4v) is 4.22. The van der Waals surface area contributed by atoms with E-state index in [0.717, 1.165) is 35.3 Å².